The summed E-state index contributed by atoms with van der Waals surface area (Å²) in [7, 11) is 0. The first kappa shape index (κ1) is 27.4. The molecule has 0 saturated carbocycles. The Bertz CT molecular complexity index is 3300. The summed E-state index contributed by atoms with van der Waals surface area (Å²) in [6.45, 7) is 0. The van der Waals surface area contributed by atoms with Gasteiger partial charge in [0, 0.05) is 48.0 Å². The molecule has 0 atom stereocenters. The number of benzene rings is 8. The molecule has 0 radical (unpaired) electrons. The molecular formula is C46H26N4S. The molecule has 0 unspecified atom stereocenters. The second kappa shape index (κ2) is 10.1. The normalized spacial score (nSPS) is 12.6. The van der Waals surface area contributed by atoms with Crippen LogP contribution in [0.5, 0.6) is 0 Å². The second-order valence-electron chi connectivity index (χ2n) is 13.4. The molecule has 0 N–H and O–H groups in total. The third kappa shape index (κ3) is 3.65. The summed E-state index contributed by atoms with van der Waals surface area (Å²) in [4.78, 5) is 13.3. The highest BCUT2D eigenvalue weighted by Crippen LogP contribution is 2.49. The van der Waals surface area contributed by atoms with Gasteiger partial charge in [0.1, 0.15) is 0 Å². The number of hydrogen-bond donors (Lipinski definition) is 0. The molecule has 3 aromatic heterocycles. The summed E-state index contributed by atoms with van der Waals surface area (Å²) in [6, 6.07) is 57.0. The van der Waals surface area contributed by atoms with Crippen molar-refractivity contribution < 1.29 is 0 Å². The van der Waals surface area contributed by atoms with Crippen LogP contribution < -0.4 is 0 Å². The van der Waals surface area contributed by atoms with Crippen LogP contribution in [-0.4, -0.2) is 19.1 Å². The highest BCUT2D eigenvalue weighted by molar-refractivity contribution is 7.99. The Labute approximate surface area is 296 Å². The van der Waals surface area contributed by atoms with E-state index in [2.05, 4.69) is 167 Å². The molecule has 1 aliphatic rings. The zero-order valence-electron chi connectivity index (χ0n) is 27.2. The molecular weight excluding hydrogens is 641 g/mol. The first-order valence-corrected chi connectivity index (χ1v) is 18.1. The molecule has 0 spiro atoms. The van der Waals surface area contributed by atoms with Gasteiger partial charge in [-0.1, -0.05) is 127 Å². The highest BCUT2D eigenvalue weighted by Gasteiger charge is 2.27. The van der Waals surface area contributed by atoms with Gasteiger partial charge in [0.2, 0.25) is 5.95 Å². The predicted molar refractivity (Wildman–Crippen MR) is 213 cm³/mol. The summed E-state index contributed by atoms with van der Waals surface area (Å²) in [6.07, 6.45) is 0. The monoisotopic (exact) mass is 666 g/mol. The molecule has 236 valence electrons. The highest BCUT2D eigenvalue weighted by atomic mass is 32.2. The van der Waals surface area contributed by atoms with E-state index in [0.717, 1.165) is 44.4 Å². The third-order valence-electron chi connectivity index (χ3n) is 10.7. The lowest BCUT2D eigenvalue weighted by atomic mass is 9.98. The van der Waals surface area contributed by atoms with Gasteiger partial charge < -0.3 is 4.57 Å². The lowest BCUT2D eigenvalue weighted by molar-refractivity contribution is 1.01. The zero-order chi connectivity index (χ0) is 33.2. The number of rotatable bonds is 2. The summed E-state index contributed by atoms with van der Waals surface area (Å²) in [5.41, 5.74) is 8.72. The molecule has 0 bridgehead atoms. The lowest BCUT2D eigenvalue weighted by Gasteiger charge is -2.20. The van der Waals surface area contributed by atoms with Crippen molar-refractivity contribution in [2.24, 2.45) is 0 Å². The molecule has 12 rings (SSSR count). The lowest BCUT2D eigenvalue weighted by Crippen LogP contribution is -2.06. The standard InChI is InChI=1S/C46H26N4S/c1-2-13-28-26-29(25-24-27(28)12-1)49-36-20-8-5-16-32(36)40-30-14-3-4-15-31(30)41-33-17-6-9-21-37(33)50(45(41)44(40)49)46-47-35-19-11-23-39-42(35)43(48-46)34-18-7-10-22-38(34)51-39/h1-26H. The minimum atomic E-state index is 0.675. The smallest absolute Gasteiger partial charge is 0.235 e. The molecule has 0 saturated heterocycles. The van der Waals surface area contributed by atoms with Crippen LogP contribution >= 0.6 is 11.8 Å². The van der Waals surface area contributed by atoms with Crippen molar-refractivity contribution in [3.05, 3.63) is 158 Å². The average molecular weight is 667 g/mol. The van der Waals surface area contributed by atoms with Crippen LogP contribution in [0.3, 0.4) is 0 Å². The van der Waals surface area contributed by atoms with E-state index < -0.39 is 0 Å². The number of aromatic nitrogens is 4. The van der Waals surface area contributed by atoms with Gasteiger partial charge in [-0.25, -0.2) is 9.97 Å². The predicted octanol–water partition coefficient (Wildman–Crippen LogP) is 12.3. The Balaban J connectivity index is 1.34. The van der Waals surface area contributed by atoms with Crippen molar-refractivity contribution in [2.75, 3.05) is 0 Å². The van der Waals surface area contributed by atoms with E-state index in [0.29, 0.717) is 5.95 Å². The largest absolute Gasteiger partial charge is 0.307 e. The van der Waals surface area contributed by atoms with Gasteiger partial charge in [-0.15, -0.1) is 0 Å². The first-order valence-electron chi connectivity index (χ1n) is 17.3. The summed E-state index contributed by atoms with van der Waals surface area (Å²) in [5.74, 6) is 0.675. The number of hydrogen-bond acceptors (Lipinski definition) is 3. The van der Waals surface area contributed by atoms with Gasteiger partial charge in [-0.2, -0.15) is 0 Å². The van der Waals surface area contributed by atoms with Gasteiger partial charge >= 0.3 is 0 Å². The molecule has 1 aliphatic heterocycles. The summed E-state index contributed by atoms with van der Waals surface area (Å²) < 4.78 is 4.80. The minimum Gasteiger partial charge on any atom is -0.307 e. The van der Waals surface area contributed by atoms with Crippen molar-refractivity contribution in [3.63, 3.8) is 0 Å². The van der Waals surface area contributed by atoms with E-state index in [9.17, 15) is 0 Å². The molecule has 4 heterocycles. The van der Waals surface area contributed by atoms with Crippen LogP contribution in [0.2, 0.25) is 0 Å². The fourth-order valence-electron chi connectivity index (χ4n) is 8.57. The van der Waals surface area contributed by atoms with Gasteiger partial charge in [-0.3, -0.25) is 4.57 Å². The molecule has 8 aromatic carbocycles. The number of fused-ring (bicyclic) bond motifs is 13. The van der Waals surface area contributed by atoms with Crippen molar-refractivity contribution in [2.45, 2.75) is 9.79 Å². The Morgan fingerprint density at radius 2 is 1.04 bits per heavy atom. The molecule has 4 nitrogen and oxygen atoms in total. The van der Waals surface area contributed by atoms with Crippen LogP contribution in [0.4, 0.5) is 0 Å². The maximum Gasteiger partial charge on any atom is 0.235 e. The van der Waals surface area contributed by atoms with Crippen molar-refractivity contribution in [1.82, 2.24) is 19.1 Å². The van der Waals surface area contributed by atoms with E-state index in [1.165, 1.54) is 58.4 Å². The molecule has 11 aromatic rings. The average Bonchev–Trinajstić information content (AvgIpc) is 3.72. The van der Waals surface area contributed by atoms with Crippen LogP contribution in [0.1, 0.15) is 0 Å². The molecule has 0 fully saturated rings. The number of nitrogens with zero attached hydrogens (tertiary/aromatic N) is 4. The first-order chi connectivity index (χ1) is 25.3. The van der Waals surface area contributed by atoms with Crippen molar-refractivity contribution in [3.8, 4) is 22.9 Å². The van der Waals surface area contributed by atoms with E-state index in [1.807, 2.05) is 0 Å². The molecule has 0 amide bonds. The van der Waals surface area contributed by atoms with E-state index in [1.54, 1.807) is 11.8 Å². The number of para-hydroxylation sites is 2. The summed E-state index contributed by atoms with van der Waals surface area (Å²) in [5, 5.41) is 10.9. The summed E-state index contributed by atoms with van der Waals surface area (Å²) >= 11 is 1.80. The van der Waals surface area contributed by atoms with Gasteiger partial charge in [0.15, 0.2) is 0 Å². The van der Waals surface area contributed by atoms with Crippen LogP contribution in [-0.2, 0) is 0 Å². The Kier molecular flexibility index (Phi) is 5.41. The van der Waals surface area contributed by atoms with Gasteiger partial charge in [-0.05, 0) is 64.0 Å². The Morgan fingerprint density at radius 3 is 1.82 bits per heavy atom. The molecule has 51 heavy (non-hydrogen) atoms. The molecule has 0 aliphatic carbocycles. The quantitative estimate of drug-likeness (QED) is 0.184. The Morgan fingerprint density at radius 1 is 0.431 bits per heavy atom. The SMILES string of the molecule is c1ccc2c(c1)Sc1cccc3nc(-n4c5ccccc5c5c6ccccc6c6c7ccccc7n(-c7ccc8ccccc8c7)c6c54)nc-2c13. The zero-order valence-corrected chi connectivity index (χ0v) is 28.0. The van der Waals surface area contributed by atoms with Crippen LogP contribution in [0, 0.1) is 0 Å². The van der Waals surface area contributed by atoms with E-state index in [-0.39, 0.29) is 0 Å². The fourth-order valence-corrected chi connectivity index (χ4v) is 9.68. The van der Waals surface area contributed by atoms with Crippen molar-refractivity contribution >= 4 is 87.8 Å². The second-order valence-corrected chi connectivity index (χ2v) is 14.4. The third-order valence-corrected chi connectivity index (χ3v) is 11.8. The Hall–Kier alpha value is -6.43. The maximum atomic E-state index is 5.53. The topological polar surface area (TPSA) is 35.6 Å². The van der Waals surface area contributed by atoms with Crippen LogP contribution in [0.15, 0.2) is 168 Å². The molecule has 5 heteroatoms. The fraction of sp³-hybridized carbons (Fsp3) is 0. The van der Waals surface area contributed by atoms with Crippen LogP contribution in [0.25, 0.3) is 99.0 Å². The maximum absolute atomic E-state index is 5.53. The van der Waals surface area contributed by atoms with Gasteiger partial charge in [0.05, 0.1) is 33.3 Å². The minimum absolute atomic E-state index is 0.675. The van der Waals surface area contributed by atoms with E-state index >= 15 is 0 Å². The van der Waals surface area contributed by atoms with Crippen molar-refractivity contribution in [1.29, 1.82) is 0 Å². The van der Waals surface area contributed by atoms with Gasteiger partial charge in [0.25, 0.3) is 0 Å². The van der Waals surface area contributed by atoms with E-state index in [4.69, 9.17) is 9.97 Å².